The molecule has 2 aromatic heterocycles. The van der Waals surface area contributed by atoms with E-state index in [4.69, 9.17) is 4.42 Å². The van der Waals surface area contributed by atoms with Gasteiger partial charge in [-0.15, -0.1) is 0 Å². The third kappa shape index (κ3) is 4.34. The van der Waals surface area contributed by atoms with Crippen molar-refractivity contribution in [1.29, 1.82) is 0 Å². The molecule has 2 N–H and O–H groups in total. The molecular weight excluding hydrogens is 425 g/mol. The molecular formula is C21H14FN3O5S. The summed E-state index contributed by atoms with van der Waals surface area (Å²) < 4.78 is 41.0. The topological polar surface area (TPSA) is 113 Å². The highest BCUT2D eigenvalue weighted by molar-refractivity contribution is 7.81. The quantitative estimate of drug-likeness (QED) is 0.361. The highest BCUT2D eigenvalue weighted by atomic mass is 32.2. The monoisotopic (exact) mass is 439 g/mol. The van der Waals surface area contributed by atoms with E-state index in [1.165, 1.54) is 42.6 Å². The van der Waals surface area contributed by atoms with E-state index >= 15 is 0 Å². The average molecular weight is 439 g/mol. The zero-order chi connectivity index (χ0) is 22.0. The molecule has 0 bridgehead atoms. The van der Waals surface area contributed by atoms with Crippen LogP contribution in [0.2, 0.25) is 0 Å². The van der Waals surface area contributed by atoms with Crippen molar-refractivity contribution in [2.45, 2.75) is 0 Å². The number of halogens is 1. The molecule has 1 amide bonds. The van der Waals surface area contributed by atoms with Crippen LogP contribution >= 0.6 is 0 Å². The van der Waals surface area contributed by atoms with Gasteiger partial charge in [0.2, 0.25) is 0 Å². The molecule has 10 heteroatoms. The van der Waals surface area contributed by atoms with E-state index < -0.39 is 28.6 Å². The summed E-state index contributed by atoms with van der Waals surface area (Å²) in [6.45, 7) is 0. The maximum Gasteiger partial charge on any atom is 0.336 e. The number of rotatable bonds is 5. The summed E-state index contributed by atoms with van der Waals surface area (Å²) in [6, 6.07) is 15.5. The van der Waals surface area contributed by atoms with Crippen LogP contribution in [0.3, 0.4) is 0 Å². The number of carbonyl (C=O) groups is 1. The number of anilines is 3. The molecule has 0 saturated carbocycles. The molecule has 0 aliphatic carbocycles. The predicted molar refractivity (Wildman–Crippen MR) is 114 cm³/mol. The summed E-state index contributed by atoms with van der Waals surface area (Å²) in [5.41, 5.74) is 0.220. The number of nitrogens with one attached hydrogen (secondary N) is 1. The largest absolute Gasteiger partial charge is 0.422 e. The first-order valence-electron chi connectivity index (χ1n) is 8.89. The lowest BCUT2D eigenvalue weighted by Gasteiger charge is -2.19. The van der Waals surface area contributed by atoms with Crippen molar-refractivity contribution < 1.29 is 22.4 Å². The van der Waals surface area contributed by atoms with Crippen molar-refractivity contribution in [1.82, 2.24) is 4.98 Å². The number of pyridine rings is 1. The van der Waals surface area contributed by atoms with E-state index in [0.717, 1.165) is 16.4 Å². The van der Waals surface area contributed by atoms with E-state index in [1.54, 1.807) is 18.2 Å². The van der Waals surface area contributed by atoms with Crippen molar-refractivity contribution in [3.63, 3.8) is 0 Å². The summed E-state index contributed by atoms with van der Waals surface area (Å²) >= 11 is -2.50. The van der Waals surface area contributed by atoms with Gasteiger partial charge in [-0.25, -0.2) is 22.7 Å². The Hall–Kier alpha value is -3.89. The van der Waals surface area contributed by atoms with Gasteiger partial charge in [-0.05, 0) is 42.5 Å². The molecule has 0 spiro atoms. The molecule has 0 saturated heterocycles. The van der Waals surface area contributed by atoms with Crippen molar-refractivity contribution >= 4 is 45.3 Å². The first-order chi connectivity index (χ1) is 14.9. The average Bonchev–Trinajstić information content (AvgIpc) is 2.75. The lowest BCUT2D eigenvalue weighted by Crippen LogP contribution is -2.21. The fourth-order valence-electron chi connectivity index (χ4n) is 2.96. The highest BCUT2D eigenvalue weighted by Crippen LogP contribution is 2.27. The number of benzene rings is 2. The van der Waals surface area contributed by atoms with Crippen LogP contribution in [0.25, 0.3) is 11.0 Å². The van der Waals surface area contributed by atoms with Crippen molar-refractivity contribution in [2.75, 3.05) is 9.62 Å². The van der Waals surface area contributed by atoms with E-state index in [-0.39, 0.29) is 28.3 Å². The predicted octanol–water partition coefficient (Wildman–Crippen LogP) is 3.85. The smallest absolute Gasteiger partial charge is 0.336 e. The Morgan fingerprint density at radius 2 is 1.87 bits per heavy atom. The van der Waals surface area contributed by atoms with Crippen LogP contribution < -0.4 is 15.2 Å². The molecule has 2 heterocycles. The lowest BCUT2D eigenvalue weighted by atomic mass is 10.1. The highest BCUT2D eigenvalue weighted by Gasteiger charge is 2.18. The molecule has 2 aromatic carbocycles. The van der Waals surface area contributed by atoms with Gasteiger partial charge in [-0.1, -0.05) is 12.1 Å². The maximum atomic E-state index is 13.2. The summed E-state index contributed by atoms with van der Waals surface area (Å²) in [4.78, 5) is 28.4. The minimum absolute atomic E-state index is 0.0506. The van der Waals surface area contributed by atoms with Gasteiger partial charge in [-0.2, -0.15) is 0 Å². The van der Waals surface area contributed by atoms with Gasteiger partial charge >= 0.3 is 5.63 Å². The van der Waals surface area contributed by atoms with Crippen molar-refractivity contribution in [3.8, 4) is 0 Å². The van der Waals surface area contributed by atoms with Crippen molar-refractivity contribution in [3.05, 3.63) is 94.7 Å². The molecule has 4 rings (SSSR count). The van der Waals surface area contributed by atoms with Gasteiger partial charge in [0.1, 0.15) is 11.6 Å². The van der Waals surface area contributed by atoms with E-state index in [0.29, 0.717) is 5.39 Å². The molecule has 0 aliphatic rings. The normalized spacial score (nSPS) is 11.8. The molecule has 0 fully saturated rings. The fraction of sp³-hybridized carbons (Fsp3) is 0. The SMILES string of the molecule is O=C(Nc1ccnc(N(c2ccc(F)cc2)S(=O)O)c1)c1cccc2ccc(=O)oc12. The summed E-state index contributed by atoms with van der Waals surface area (Å²) in [5.74, 6) is -0.992. The van der Waals surface area contributed by atoms with Crippen LogP contribution in [0.15, 0.2) is 82.1 Å². The molecule has 8 nitrogen and oxygen atoms in total. The van der Waals surface area contributed by atoms with Gasteiger partial charge in [0.25, 0.3) is 17.2 Å². The lowest BCUT2D eigenvalue weighted by molar-refractivity contribution is 0.102. The third-order valence-electron chi connectivity index (χ3n) is 4.32. The summed E-state index contributed by atoms with van der Waals surface area (Å²) in [7, 11) is 0. The second kappa shape index (κ2) is 8.46. The zero-order valence-corrected chi connectivity index (χ0v) is 16.5. The molecule has 4 aromatic rings. The van der Waals surface area contributed by atoms with Gasteiger partial charge in [-0.3, -0.25) is 9.35 Å². The Balaban J connectivity index is 1.66. The van der Waals surface area contributed by atoms with Gasteiger partial charge in [0, 0.05) is 29.4 Å². The Morgan fingerprint density at radius 1 is 1.10 bits per heavy atom. The Morgan fingerprint density at radius 3 is 2.61 bits per heavy atom. The van der Waals surface area contributed by atoms with Gasteiger partial charge < -0.3 is 9.73 Å². The van der Waals surface area contributed by atoms with E-state index in [2.05, 4.69) is 10.3 Å². The summed E-state index contributed by atoms with van der Waals surface area (Å²) in [6.07, 6.45) is 1.34. The number of carbonyl (C=O) groups excluding carboxylic acids is 1. The second-order valence-electron chi connectivity index (χ2n) is 6.34. The number of amides is 1. The minimum Gasteiger partial charge on any atom is -0.422 e. The number of aromatic nitrogens is 1. The number of hydrogen-bond donors (Lipinski definition) is 2. The van der Waals surface area contributed by atoms with E-state index in [1.807, 2.05) is 0 Å². The number of para-hydroxylation sites is 1. The van der Waals surface area contributed by atoms with Crippen LogP contribution in [-0.4, -0.2) is 19.7 Å². The molecule has 0 radical (unpaired) electrons. The van der Waals surface area contributed by atoms with Crippen LogP contribution in [0, 0.1) is 5.82 Å². The fourth-order valence-corrected chi connectivity index (χ4v) is 3.52. The van der Waals surface area contributed by atoms with E-state index in [9.17, 15) is 22.7 Å². The summed E-state index contributed by atoms with van der Waals surface area (Å²) in [5, 5.41) is 3.24. The van der Waals surface area contributed by atoms with Crippen LogP contribution in [0.4, 0.5) is 21.6 Å². The van der Waals surface area contributed by atoms with Crippen LogP contribution in [-0.2, 0) is 11.3 Å². The first kappa shape index (κ1) is 20.4. The van der Waals surface area contributed by atoms with Crippen molar-refractivity contribution in [2.24, 2.45) is 0 Å². The molecule has 0 aliphatic heterocycles. The standard InChI is InChI=1S/C21H14FN3O5S/c22-14-5-7-16(8-6-14)25(31(28)29)18-12-15(10-11-23-18)24-21(27)17-3-1-2-13-4-9-19(26)30-20(13)17/h1-12H,(H,28,29)(H,23,24,27). The van der Waals surface area contributed by atoms with Crippen LogP contribution in [0.5, 0.6) is 0 Å². The Kier molecular flexibility index (Phi) is 5.56. The minimum atomic E-state index is -2.50. The first-order valence-corrected chi connectivity index (χ1v) is 9.96. The Bertz CT molecular complexity index is 1360. The number of hydrogen-bond acceptors (Lipinski definition) is 5. The molecule has 1 unspecified atom stereocenters. The maximum absolute atomic E-state index is 13.2. The van der Waals surface area contributed by atoms with Gasteiger partial charge in [0.15, 0.2) is 5.58 Å². The second-order valence-corrected chi connectivity index (χ2v) is 7.16. The molecule has 156 valence electrons. The zero-order valence-electron chi connectivity index (χ0n) is 15.7. The van der Waals surface area contributed by atoms with Gasteiger partial charge in [0.05, 0.1) is 11.3 Å². The number of nitrogens with zero attached hydrogens (tertiary/aromatic N) is 2. The Labute approximate surface area is 177 Å². The molecule has 31 heavy (non-hydrogen) atoms. The number of fused-ring (bicyclic) bond motifs is 1. The molecule has 1 atom stereocenters. The third-order valence-corrected chi connectivity index (χ3v) is 5.03. The van der Waals surface area contributed by atoms with Crippen LogP contribution in [0.1, 0.15) is 10.4 Å².